The first-order valence-electron chi connectivity index (χ1n) is 11.2. The Morgan fingerprint density at radius 2 is 1.69 bits per heavy atom. The molecule has 2 heterocycles. The summed E-state index contributed by atoms with van der Waals surface area (Å²) in [5, 5.41) is 0. The Morgan fingerprint density at radius 1 is 0.906 bits per heavy atom. The van der Waals surface area contributed by atoms with Gasteiger partial charge in [-0.05, 0) is 59.9 Å². The van der Waals surface area contributed by atoms with Gasteiger partial charge in [0.15, 0.2) is 11.5 Å². The summed E-state index contributed by atoms with van der Waals surface area (Å²) in [6.07, 6.45) is 4.04. The molecule has 5 heteroatoms. The Hall–Kier alpha value is -3.31. The number of likely N-dealkylation sites (tertiary alicyclic amines) is 1. The first-order valence-corrected chi connectivity index (χ1v) is 11.2. The molecule has 0 amide bonds. The van der Waals surface area contributed by atoms with E-state index < -0.39 is 0 Å². The summed E-state index contributed by atoms with van der Waals surface area (Å²) in [4.78, 5) is 7.44. The molecular weight excluding hydrogens is 400 g/mol. The number of rotatable bonds is 6. The van der Waals surface area contributed by atoms with Crippen LogP contribution < -0.4 is 14.2 Å². The molecule has 5 nitrogen and oxygen atoms in total. The average molecular weight is 429 g/mol. The van der Waals surface area contributed by atoms with Crippen molar-refractivity contribution < 1.29 is 14.2 Å². The molecule has 0 saturated carbocycles. The van der Waals surface area contributed by atoms with E-state index in [-0.39, 0.29) is 6.04 Å². The fraction of sp³-hybridized carbons (Fsp3) is 0.296. The summed E-state index contributed by atoms with van der Waals surface area (Å²) in [6, 6.07) is 25.7. The highest BCUT2D eigenvalue weighted by Gasteiger charge is 2.27. The average Bonchev–Trinajstić information content (AvgIpc) is 3.33. The van der Waals surface area contributed by atoms with Crippen LogP contribution in [0.3, 0.4) is 0 Å². The maximum atomic E-state index is 5.49. The fourth-order valence-corrected chi connectivity index (χ4v) is 4.54. The summed E-state index contributed by atoms with van der Waals surface area (Å²) < 4.78 is 16.4. The molecule has 5 rings (SSSR count). The van der Waals surface area contributed by atoms with E-state index in [9.17, 15) is 0 Å². The second-order valence-corrected chi connectivity index (χ2v) is 8.25. The van der Waals surface area contributed by atoms with Crippen LogP contribution in [0.25, 0.3) is 0 Å². The van der Waals surface area contributed by atoms with Crippen molar-refractivity contribution in [2.45, 2.75) is 24.9 Å². The van der Waals surface area contributed by atoms with Gasteiger partial charge < -0.3 is 14.2 Å². The highest BCUT2D eigenvalue weighted by atomic mass is 16.7. The van der Waals surface area contributed by atoms with Gasteiger partial charge in [0.2, 0.25) is 6.79 Å². The van der Waals surface area contributed by atoms with Crippen LogP contribution in [0.5, 0.6) is 17.2 Å². The van der Waals surface area contributed by atoms with E-state index in [1.54, 1.807) is 7.11 Å². The van der Waals surface area contributed by atoms with Crippen LogP contribution >= 0.6 is 0 Å². The van der Waals surface area contributed by atoms with Gasteiger partial charge in [0.05, 0.1) is 19.2 Å². The Bertz CT molecular complexity index is 1080. The monoisotopic (exact) mass is 428 g/mol. The minimum Gasteiger partial charge on any atom is -0.497 e. The van der Waals surface area contributed by atoms with Crippen molar-refractivity contribution in [1.82, 2.24) is 4.90 Å². The molecule has 0 bridgehead atoms. The number of aliphatic imine (C=N–C) groups is 1. The van der Waals surface area contributed by atoms with Gasteiger partial charge in [-0.1, -0.05) is 42.5 Å². The van der Waals surface area contributed by atoms with Crippen LogP contribution in [-0.2, 0) is 0 Å². The largest absolute Gasteiger partial charge is 0.497 e. The van der Waals surface area contributed by atoms with Crippen LogP contribution in [-0.4, -0.2) is 44.1 Å². The first-order chi connectivity index (χ1) is 15.8. The molecule has 0 aromatic heterocycles. The highest BCUT2D eigenvalue weighted by molar-refractivity contribution is 5.81. The normalized spacial score (nSPS) is 17.5. The SMILES string of the molecule is COc1cccc(C(c2ccccc2)N2CCC(/N=C\c3ccc4c(c3)OCO4)CC2)c1. The third kappa shape index (κ3) is 4.48. The lowest BCUT2D eigenvalue weighted by molar-refractivity contribution is 0.174. The van der Waals surface area contributed by atoms with E-state index in [2.05, 4.69) is 53.4 Å². The Labute approximate surface area is 189 Å². The van der Waals surface area contributed by atoms with E-state index in [1.807, 2.05) is 30.5 Å². The van der Waals surface area contributed by atoms with Gasteiger partial charge in [0.1, 0.15) is 5.75 Å². The predicted molar refractivity (Wildman–Crippen MR) is 126 cm³/mol. The van der Waals surface area contributed by atoms with Crippen LogP contribution in [0.15, 0.2) is 77.8 Å². The van der Waals surface area contributed by atoms with Gasteiger partial charge in [-0.15, -0.1) is 0 Å². The van der Waals surface area contributed by atoms with Gasteiger partial charge in [-0.3, -0.25) is 9.89 Å². The van der Waals surface area contributed by atoms with Gasteiger partial charge in [0.25, 0.3) is 0 Å². The van der Waals surface area contributed by atoms with Crippen molar-refractivity contribution >= 4 is 6.21 Å². The molecular formula is C27H28N2O3. The van der Waals surface area contributed by atoms with Gasteiger partial charge in [-0.25, -0.2) is 0 Å². The number of nitrogens with zero attached hydrogens (tertiary/aromatic N) is 2. The molecule has 2 aliphatic heterocycles. The van der Waals surface area contributed by atoms with E-state index in [0.29, 0.717) is 12.8 Å². The zero-order valence-corrected chi connectivity index (χ0v) is 18.3. The number of hydrogen-bond acceptors (Lipinski definition) is 5. The molecule has 1 fully saturated rings. The number of hydrogen-bond donors (Lipinski definition) is 0. The Balaban J connectivity index is 1.29. The Kier molecular flexibility index (Phi) is 6.08. The molecule has 0 spiro atoms. The van der Waals surface area contributed by atoms with Crippen LogP contribution in [0, 0.1) is 0 Å². The molecule has 1 atom stereocenters. The lowest BCUT2D eigenvalue weighted by atomic mass is 9.94. The minimum atomic E-state index is 0.213. The lowest BCUT2D eigenvalue weighted by Crippen LogP contribution is -2.38. The molecule has 1 unspecified atom stereocenters. The van der Waals surface area contributed by atoms with Crippen molar-refractivity contribution in [2.24, 2.45) is 4.99 Å². The summed E-state index contributed by atoms with van der Waals surface area (Å²) in [5.74, 6) is 2.50. The fourth-order valence-electron chi connectivity index (χ4n) is 4.54. The molecule has 3 aromatic carbocycles. The maximum absolute atomic E-state index is 5.49. The first kappa shape index (κ1) is 20.6. The molecule has 3 aromatic rings. The summed E-state index contributed by atoms with van der Waals surface area (Å²) in [5.41, 5.74) is 3.62. The van der Waals surface area contributed by atoms with Crippen molar-refractivity contribution in [3.05, 3.63) is 89.5 Å². The Morgan fingerprint density at radius 3 is 2.50 bits per heavy atom. The molecule has 0 aliphatic carbocycles. The highest BCUT2D eigenvalue weighted by Crippen LogP contribution is 2.34. The van der Waals surface area contributed by atoms with Crippen LogP contribution in [0.1, 0.15) is 35.6 Å². The number of piperidine rings is 1. The second kappa shape index (κ2) is 9.45. The van der Waals surface area contributed by atoms with Gasteiger partial charge in [-0.2, -0.15) is 0 Å². The molecule has 2 aliphatic rings. The third-order valence-electron chi connectivity index (χ3n) is 6.22. The molecule has 164 valence electrons. The van der Waals surface area contributed by atoms with Crippen molar-refractivity contribution in [3.8, 4) is 17.2 Å². The molecule has 0 radical (unpaired) electrons. The molecule has 1 saturated heterocycles. The zero-order valence-electron chi connectivity index (χ0n) is 18.3. The van der Waals surface area contributed by atoms with Gasteiger partial charge in [0, 0.05) is 19.3 Å². The predicted octanol–water partition coefficient (Wildman–Crippen LogP) is 5.10. The second-order valence-electron chi connectivity index (χ2n) is 8.25. The number of methoxy groups -OCH3 is 1. The van der Waals surface area contributed by atoms with E-state index >= 15 is 0 Å². The maximum Gasteiger partial charge on any atom is 0.231 e. The standard InChI is InChI=1S/C27H28N2O3/c1-30-24-9-5-8-22(17-24)27(21-6-3-2-4-7-21)29-14-12-23(13-15-29)28-18-20-10-11-25-26(16-20)32-19-31-25/h2-11,16-18,23,27H,12-15,19H2,1H3/b28-18-. The lowest BCUT2D eigenvalue weighted by Gasteiger charge is -2.37. The van der Waals surface area contributed by atoms with Crippen LogP contribution in [0.4, 0.5) is 0 Å². The van der Waals surface area contributed by atoms with Crippen LogP contribution in [0.2, 0.25) is 0 Å². The number of fused-ring (bicyclic) bond motifs is 1. The van der Waals surface area contributed by atoms with E-state index in [0.717, 1.165) is 48.7 Å². The van der Waals surface area contributed by atoms with E-state index in [1.165, 1.54) is 11.1 Å². The molecule has 0 N–H and O–H groups in total. The quantitative estimate of drug-likeness (QED) is 0.513. The van der Waals surface area contributed by atoms with Crippen molar-refractivity contribution in [2.75, 3.05) is 27.0 Å². The van der Waals surface area contributed by atoms with Gasteiger partial charge >= 0.3 is 0 Å². The minimum absolute atomic E-state index is 0.213. The third-order valence-corrected chi connectivity index (χ3v) is 6.22. The topological polar surface area (TPSA) is 43.3 Å². The summed E-state index contributed by atoms with van der Waals surface area (Å²) >= 11 is 0. The summed E-state index contributed by atoms with van der Waals surface area (Å²) in [7, 11) is 1.72. The number of ether oxygens (including phenoxy) is 3. The van der Waals surface area contributed by atoms with E-state index in [4.69, 9.17) is 19.2 Å². The van der Waals surface area contributed by atoms with Crippen molar-refractivity contribution in [3.63, 3.8) is 0 Å². The molecule has 32 heavy (non-hydrogen) atoms. The van der Waals surface area contributed by atoms with Crippen molar-refractivity contribution in [1.29, 1.82) is 0 Å². The summed E-state index contributed by atoms with van der Waals surface area (Å²) in [6.45, 7) is 2.30. The zero-order chi connectivity index (χ0) is 21.8. The smallest absolute Gasteiger partial charge is 0.231 e. The number of benzene rings is 3.